The van der Waals surface area contributed by atoms with Crippen LogP contribution < -0.4 is 11.1 Å². The number of rotatable bonds is 4. The molecule has 0 aromatic heterocycles. The first kappa shape index (κ1) is 13.1. The van der Waals surface area contributed by atoms with Crippen LogP contribution in [0.1, 0.15) is 24.8 Å². The Labute approximate surface area is 108 Å². The van der Waals surface area contributed by atoms with Gasteiger partial charge in [-0.05, 0) is 49.9 Å². The SMILES string of the molecule is NCCc1ccc(NC(=O)C2CCCCO2)cc1. The van der Waals surface area contributed by atoms with Crippen molar-refractivity contribution in [2.75, 3.05) is 18.5 Å². The molecule has 0 bridgehead atoms. The van der Waals surface area contributed by atoms with Gasteiger partial charge in [-0.15, -0.1) is 0 Å². The lowest BCUT2D eigenvalue weighted by Crippen LogP contribution is -2.33. The Balaban J connectivity index is 1.89. The highest BCUT2D eigenvalue weighted by Gasteiger charge is 2.21. The largest absolute Gasteiger partial charge is 0.368 e. The summed E-state index contributed by atoms with van der Waals surface area (Å²) in [5.74, 6) is -0.0405. The van der Waals surface area contributed by atoms with Crippen molar-refractivity contribution < 1.29 is 9.53 Å². The molecule has 18 heavy (non-hydrogen) atoms. The topological polar surface area (TPSA) is 64.3 Å². The minimum Gasteiger partial charge on any atom is -0.368 e. The molecule has 1 atom stereocenters. The second kappa shape index (κ2) is 6.52. The fourth-order valence-corrected chi connectivity index (χ4v) is 2.09. The minimum absolute atomic E-state index is 0.0405. The van der Waals surface area contributed by atoms with Gasteiger partial charge in [0.05, 0.1) is 0 Å². The summed E-state index contributed by atoms with van der Waals surface area (Å²) in [6, 6.07) is 7.80. The van der Waals surface area contributed by atoms with Crippen molar-refractivity contribution in [2.24, 2.45) is 5.73 Å². The Hall–Kier alpha value is -1.39. The van der Waals surface area contributed by atoms with E-state index in [1.54, 1.807) is 0 Å². The third-order valence-corrected chi connectivity index (χ3v) is 3.13. The van der Waals surface area contributed by atoms with Gasteiger partial charge in [-0.1, -0.05) is 12.1 Å². The molecule has 1 aromatic rings. The van der Waals surface area contributed by atoms with E-state index < -0.39 is 0 Å². The highest BCUT2D eigenvalue weighted by atomic mass is 16.5. The quantitative estimate of drug-likeness (QED) is 0.852. The van der Waals surface area contributed by atoms with Gasteiger partial charge in [-0.25, -0.2) is 0 Å². The molecule has 98 valence electrons. The number of hydrogen-bond donors (Lipinski definition) is 2. The third kappa shape index (κ3) is 3.55. The molecule has 1 unspecified atom stereocenters. The Morgan fingerprint density at radius 1 is 1.33 bits per heavy atom. The van der Waals surface area contributed by atoms with Crippen molar-refractivity contribution in [3.8, 4) is 0 Å². The van der Waals surface area contributed by atoms with Gasteiger partial charge in [0.15, 0.2) is 0 Å². The average Bonchev–Trinajstić information content (AvgIpc) is 2.42. The van der Waals surface area contributed by atoms with Crippen LogP contribution in [0.15, 0.2) is 24.3 Å². The highest BCUT2D eigenvalue weighted by Crippen LogP contribution is 2.16. The van der Waals surface area contributed by atoms with Crippen molar-refractivity contribution in [1.29, 1.82) is 0 Å². The predicted octanol–water partition coefficient (Wildman–Crippen LogP) is 1.70. The molecule has 0 spiro atoms. The molecule has 1 amide bonds. The maximum Gasteiger partial charge on any atom is 0.253 e. The number of amides is 1. The van der Waals surface area contributed by atoms with E-state index >= 15 is 0 Å². The van der Waals surface area contributed by atoms with Crippen LogP contribution in [0.5, 0.6) is 0 Å². The third-order valence-electron chi connectivity index (χ3n) is 3.13. The normalized spacial score (nSPS) is 19.5. The van der Waals surface area contributed by atoms with Crippen molar-refractivity contribution in [1.82, 2.24) is 0 Å². The number of carbonyl (C=O) groups is 1. The van der Waals surface area contributed by atoms with E-state index in [1.807, 2.05) is 24.3 Å². The van der Waals surface area contributed by atoms with E-state index in [4.69, 9.17) is 10.5 Å². The van der Waals surface area contributed by atoms with Gasteiger partial charge in [-0.3, -0.25) is 4.79 Å². The first-order chi connectivity index (χ1) is 8.79. The van der Waals surface area contributed by atoms with Gasteiger partial charge in [0.2, 0.25) is 0 Å². The van der Waals surface area contributed by atoms with E-state index in [0.29, 0.717) is 13.2 Å². The predicted molar refractivity (Wildman–Crippen MR) is 71.4 cm³/mol. The first-order valence-electron chi connectivity index (χ1n) is 6.51. The molecule has 1 aliphatic heterocycles. The minimum atomic E-state index is -0.289. The molecular weight excluding hydrogens is 228 g/mol. The number of ether oxygens (including phenoxy) is 1. The van der Waals surface area contributed by atoms with Crippen LogP contribution >= 0.6 is 0 Å². The van der Waals surface area contributed by atoms with Crippen LogP contribution in [-0.2, 0) is 16.0 Å². The zero-order valence-corrected chi connectivity index (χ0v) is 10.5. The lowest BCUT2D eigenvalue weighted by atomic mass is 10.1. The molecule has 3 N–H and O–H groups in total. The standard InChI is InChI=1S/C14H20N2O2/c15-9-8-11-4-6-12(7-5-11)16-14(17)13-3-1-2-10-18-13/h4-7,13H,1-3,8-10,15H2,(H,16,17). The van der Waals surface area contributed by atoms with Gasteiger partial charge >= 0.3 is 0 Å². The summed E-state index contributed by atoms with van der Waals surface area (Å²) >= 11 is 0. The second-order valence-electron chi connectivity index (χ2n) is 4.58. The Bertz CT molecular complexity index is 383. The molecule has 1 aromatic carbocycles. The average molecular weight is 248 g/mol. The molecule has 0 saturated carbocycles. The summed E-state index contributed by atoms with van der Waals surface area (Å²) in [6.07, 6.45) is 3.50. The van der Waals surface area contributed by atoms with Crippen LogP contribution in [0, 0.1) is 0 Å². The summed E-state index contributed by atoms with van der Waals surface area (Å²) in [6.45, 7) is 1.33. The summed E-state index contributed by atoms with van der Waals surface area (Å²) in [5.41, 5.74) is 7.49. The smallest absolute Gasteiger partial charge is 0.253 e. The summed E-state index contributed by atoms with van der Waals surface area (Å²) < 4.78 is 5.45. The number of anilines is 1. The molecule has 1 fully saturated rings. The summed E-state index contributed by atoms with van der Waals surface area (Å²) in [5, 5.41) is 2.89. The van der Waals surface area contributed by atoms with Gasteiger partial charge in [-0.2, -0.15) is 0 Å². The number of carbonyl (C=O) groups excluding carboxylic acids is 1. The molecule has 1 saturated heterocycles. The summed E-state index contributed by atoms with van der Waals surface area (Å²) in [7, 11) is 0. The number of nitrogens with two attached hydrogens (primary N) is 1. The van der Waals surface area contributed by atoms with Crippen LogP contribution in [0.3, 0.4) is 0 Å². The molecule has 4 nitrogen and oxygen atoms in total. The number of hydrogen-bond acceptors (Lipinski definition) is 3. The zero-order valence-electron chi connectivity index (χ0n) is 10.5. The van der Waals surface area contributed by atoms with Gasteiger partial charge in [0.25, 0.3) is 5.91 Å². The fraction of sp³-hybridized carbons (Fsp3) is 0.500. The molecular formula is C14H20N2O2. The molecule has 1 heterocycles. The van der Waals surface area contributed by atoms with Crippen molar-refractivity contribution in [2.45, 2.75) is 31.8 Å². The zero-order chi connectivity index (χ0) is 12.8. The van der Waals surface area contributed by atoms with Crippen molar-refractivity contribution in [3.05, 3.63) is 29.8 Å². The molecule has 1 aliphatic rings. The van der Waals surface area contributed by atoms with Crippen molar-refractivity contribution >= 4 is 11.6 Å². The van der Waals surface area contributed by atoms with Gasteiger partial charge in [0.1, 0.15) is 6.10 Å². The molecule has 0 radical (unpaired) electrons. The first-order valence-corrected chi connectivity index (χ1v) is 6.51. The number of nitrogens with one attached hydrogen (secondary N) is 1. The van der Waals surface area contributed by atoms with E-state index in [2.05, 4.69) is 5.32 Å². The van der Waals surface area contributed by atoms with E-state index in [1.165, 1.54) is 5.56 Å². The van der Waals surface area contributed by atoms with E-state index in [9.17, 15) is 4.79 Å². The molecule has 2 rings (SSSR count). The van der Waals surface area contributed by atoms with Gasteiger partial charge < -0.3 is 15.8 Å². The monoisotopic (exact) mass is 248 g/mol. The Morgan fingerprint density at radius 2 is 2.11 bits per heavy atom. The maximum atomic E-state index is 11.9. The fourth-order valence-electron chi connectivity index (χ4n) is 2.09. The van der Waals surface area contributed by atoms with Crippen LogP contribution in [0.2, 0.25) is 0 Å². The van der Waals surface area contributed by atoms with E-state index in [-0.39, 0.29) is 12.0 Å². The van der Waals surface area contributed by atoms with E-state index in [0.717, 1.165) is 31.4 Å². The lowest BCUT2D eigenvalue weighted by Gasteiger charge is -2.21. The summed E-state index contributed by atoms with van der Waals surface area (Å²) in [4.78, 5) is 11.9. The second-order valence-corrected chi connectivity index (χ2v) is 4.58. The van der Waals surface area contributed by atoms with Crippen LogP contribution in [-0.4, -0.2) is 25.2 Å². The van der Waals surface area contributed by atoms with Crippen LogP contribution in [0.4, 0.5) is 5.69 Å². The lowest BCUT2D eigenvalue weighted by molar-refractivity contribution is -0.129. The Kier molecular flexibility index (Phi) is 4.73. The van der Waals surface area contributed by atoms with Gasteiger partial charge in [0, 0.05) is 12.3 Å². The number of benzene rings is 1. The molecule has 4 heteroatoms. The maximum absolute atomic E-state index is 11.9. The highest BCUT2D eigenvalue weighted by molar-refractivity contribution is 5.94. The van der Waals surface area contributed by atoms with Crippen LogP contribution in [0.25, 0.3) is 0 Å². The molecule has 0 aliphatic carbocycles. The van der Waals surface area contributed by atoms with Crippen molar-refractivity contribution in [3.63, 3.8) is 0 Å². The Morgan fingerprint density at radius 3 is 2.72 bits per heavy atom.